The Morgan fingerprint density at radius 2 is 2.00 bits per heavy atom. The molecule has 0 N–H and O–H groups in total. The predicted octanol–water partition coefficient (Wildman–Crippen LogP) is 1.98. The fraction of sp³-hybridized carbons (Fsp3) is 0.250. The van der Waals surface area contributed by atoms with Gasteiger partial charge in [-0.05, 0) is 17.7 Å². The molecule has 0 fully saturated rings. The van der Waals surface area contributed by atoms with Gasteiger partial charge in [-0.15, -0.1) is 0 Å². The van der Waals surface area contributed by atoms with E-state index in [1.807, 2.05) is 18.2 Å². The number of hydrogen-bond acceptors (Lipinski definition) is 4. The minimum atomic E-state index is 0.0415. The van der Waals surface area contributed by atoms with Crippen LogP contribution in [0.3, 0.4) is 0 Å². The van der Waals surface area contributed by atoms with Crippen molar-refractivity contribution in [2.75, 3.05) is 14.2 Å². The van der Waals surface area contributed by atoms with Gasteiger partial charge >= 0.3 is 4.87 Å². The first-order chi connectivity index (χ1) is 8.24. The smallest absolute Gasteiger partial charge is 0.307 e. The van der Waals surface area contributed by atoms with Gasteiger partial charge in [0.15, 0.2) is 11.5 Å². The highest BCUT2D eigenvalue weighted by atomic mass is 32.1. The van der Waals surface area contributed by atoms with E-state index >= 15 is 0 Å². The second kappa shape index (κ2) is 5.05. The van der Waals surface area contributed by atoms with Gasteiger partial charge in [-0.25, -0.2) is 0 Å². The van der Waals surface area contributed by atoms with Crippen molar-refractivity contribution in [3.63, 3.8) is 0 Å². The monoisotopic (exact) mass is 251 g/mol. The van der Waals surface area contributed by atoms with Crippen molar-refractivity contribution in [1.82, 2.24) is 4.57 Å². The first-order valence-corrected chi connectivity index (χ1v) is 5.97. The standard InChI is InChI=1S/C12H13NO3S/c1-15-10-4-3-9(7-11(10)16-2)8-13-5-6-17-12(13)14/h3-7H,8H2,1-2H3. The molecule has 0 aliphatic heterocycles. The van der Waals surface area contributed by atoms with E-state index in [2.05, 4.69) is 0 Å². The molecule has 1 aromatic heterocycles. The van der Waals surface area contributed by atoms with Crippen LogP contribution in [0, 0.1) is 0 Å². The Balaban J connectivity index is 2.28. The number of rotatable bonds is 4. The van der Waals surface area contributed by atoms with Gasteiger partial charge in [-0.2, -0.15) is 0 Å². The minimum absolute atomic E-state index is 0.0415. The van der Waals surface area contributed by atoms with Crippen molar-refractivity contribution in [2.24, 2.45) is 0 Å². The molecule has 17 heavy (non-hydrogen) atoms. The highest BCUT2D eigenvalue weighted by Crippen LogP contribution is 2.27. The maximum absolute atomic E-state index is 11.4. The lowest BCUT2D eigenvalue weighted by molar-refractivity contribution is 0.354. The Hall–Kier alpha value is -1.75. The van der Waals surface area contributed by atoms with Crippen LogP contribution in [-0.2, 0) is 6.54 Å². The molecule has 0 amide bonds. The van der Waals surface area contributed by atoms with E-state index in [9.17, 15) is 4.79 Å². The number of aromatic nitrogens is 1. The van der Waals surface area contributed by atoms with Gasteiger partial charge in [0.25, 0.3) is 0 Å². The molecule has 2 aromatic rings. The van der Waals surface area contributed by atoms with Crippen LogP contribution in [0.25, 0.3) is 0 Å². The molecular formula is C12H13NO3S. The van der Waals surface area contributed by atoms with Crippen LogP contribution in [0.15, 0.2) is 34.6 Å². The topological polar surface area (TPSA) is 40.5 Å². The molecule has 0 unspecified atom stereocenters. The molecule has 2 rings (SSSR count). The Kier molecular flexibility index (Phi) is 3.49. The molecule has 0 saturated carbocycles. The first-order valence-electron chi connectivity index (χ1n) is 5.09. The Morgan fingerprint density at radius 1 is 1.24 bits per heavy atom. The van der Waals surface area contributed by atoms with E-state index in [0.29, 0.717) is 18.0 Å². The molecule has 1 aromatic carbocycles. The molecule has 0 saturated heterocycles. The van der Waals surface area contributed by atoms with E-state index in [4.69, 9.17) is 9.47 Å². The molecule has 0 aliphatic carbocycles. The summed E-state index contributed by atoms with van der Waals surface area (Å²) in [7, 11) is 3.19. The van der Waals surface area contributed by atoms with E-state index in [-0.39, 0.29) is 4.87 Å². The van der Waals surface area contributed by atoms with Crippen LogP contribution in [0.5, 0.6) is 11.5 Å². The second-order valence-corrected chi connectivity index (χ2v) is 4.34. The number of benzene rings is 1. The predicted molar refractivity (Wildman–Crippen MR) is 67.2 cm³/mol. The van der Waals surface area contributed by atoms with E-state index < -0.39 is 0 Å². The normalized spacial score (nSPS) is 10.2. The quantitative estimate of drug-likeness (QED) is 0.834. The van der Waals surface area contributed by atoms with Gasteiger partial charge in [-0.1, -0.05) is 17.4 Å². The van der Waals surface area contributed by atoms with Crippen LogP contribution < -0.4 is 14.3 Å². The van der Waals surface area contributed by atoms with E-state index in [1.54, 1.807) is 30.4 Å². The zero-order chi connectivity index (χ0) is 12.3. The number of hydrogen-bond donors (Lipinski definition) is 0. The average molecular weight is 251 g/mol. The van der Waals surface area contributed by atoms with Gasteiger partial charge in [0.2, 0.25) is 0 Å². The van der Waals surface area contributed by atoms with Gasteiger partial charge in [-0.3, -0.25) is 4.79 Å². The van der Waals surface area contributed by atoms with Crippen LogP contribution in [-0.4, -0.2) is 18.8 Å². The fourth-order valence-electron chi connectivity index (χ4n) is 1.58. The number of methoxy groups -OCH3 is 2. The maximum atomic E-state index is 11.4. The fourth-order valence-corrected chi connectivity index (χ4v) is 2.17. The van der Waals surface area contributed by atoms with Crippen LogP contribution >= 0.6 is 11.3 Å². The van der Waals surface area contributed by atoms with Crippen molar-refractivity contribution in [3.05, 3.63) is 45.0 Å². The molecule has 1 heterocycles. The van der Waals surface area contributed by atoms with E-state index in [0.717, 1.165) is 5.56 Å². The molecule has 0 spiro atoms. The van der Waals surface area contributed by atoms with E-state index in [1.165, 1.54) is 11.3 Å². The lowest BCUT2D eigenvalue weighted by atomic mass is 10.2. The van der Waals surface area contributed by atoms with Crippen LogP contribution in [0.2, 0.25) is 0 Å². The first kappa shape index (κ1) is 11.7. The molecule has 5 heteroatoms. The summed E-state index contributed by atoms with van der Waals surface area (Å²) in [6, 6.07) is 5.64. The van der Waals surface area contributed by atoms with Crippen LogP contribution in [0.4, 0.5) is 0 Å². The number of nitrogens with zero attached hydrogens (tertiary/aromatic N) is 1. The van der Waals surface area contributed by atoms with Gasteiger partial charge < -0.3 is 14.0 Å². The van der Waals surface area contributed by atoms with Crippen molar-refractivity contribution >= 4 is 11.3 Å². The Labute approximate surface area is 103 Å². The minimum Gasteiger partial charge on any atom is -0.493 e. The maximum Gasteiger partial charge on any atom is 0.307 e. The largest absolute Gasteiger partial charge is 0.493 e. The SMILES string of the molecule is COc1ccc(Cn2ccsc2=O)cc1OC. The average Bonchev–Trinajstić information content (AvgIpc) is 2.75. The van der Waals surface area contributed by atoms with Crippen molar-refractivity contribution < 1.29 is 9.47 Å². The molecular weight excluding hydrogens is 238 g/mol. The number of thiazole rings is 1. The highest BCUT2D eigenvalue weighted by Gasteiger charge is 2.05. The zero-order valence-corrected chi connectivity index (χ0v) is 10.5. The summed E-state index contributed by atoms with van der Waals surface area (Å²) < 4.78 is 12.0. The lowest BCUT2D eigenvalue weighted by Gasteiger charge is -2.09. The summed E-state index contributed by atoms with van der Waals surface area (Å²) in [6.07, 6.45) is 1.78. The Bertz CT molecular complexity index is 559. The van der Waals surface area contributed by atoms with Crippen molar-refractivity contribution in [1.29, 1.82) is 0 Å². The second-order valence-electron chi connectivity index (χ2n) is 3.49. The zero-order valence-electron chi connectivity index (χ0n) is 9.67. The summed E-state index contributed by atoms with van der Waals surface area (Å²) in [5, 5.41) is 1.78. The van der Waals surface area contributed by atoms with Crippen molar-refractivity contribution in [2.45, 2.75) is 6.54 Å². The summed E-state index contributed by atoms with van der Waals surface area (Å²) in [4.78, 5) is 11.5. The molecule has 0 atom stereocenters. The molecule has 0 aliphatic rings. The molecule has 90 valence electrons. The Morgan fingerprint density at radius 3 is 2.59 bits per heavy atom. The number of ether oxygens (including phenoxy) is 2. The van der Waals surface area contributed by atoms with Crippen LogP contribution in [0.1, 0.15) is 5.56 Å². The third kappa shape index (κ3) is 2.50. The molecule has 4 nitrogen and oxygen atoms in total. The third-order valence-electron chi connectivity index (χ3n) is 2.45. The summed E-state index contributed by atoms with van der Waals surface area (Å²) in [5.74, 6) is 1.36. The van der Waals surface area contributed by atoms with Gasteiger partial charge in [0.05, 0.1) is 20.8 Å². The van der Waals surface area contributed by atoms with Gasteiger partial charge in [0.1, 0.15) is 0 Å². The summed E-state index contributed by atoms with van der Waals surface area (Å²) >= 11 is 1.19. The third-order valence-corrected chi connectivity index (χ3v) is 3.14. The summed E-state index contributed by atoms with van der Waals surface area (Å²) in [6.45, 7) is 0.544. The van der Waals surface area contributed by atoms with Crippen molar-refractivity contribution in [3.8, 4) is 11.5 Å². The highest BCUT2D eigenvalue weighted by molar-refractivity contribution is 7.07. The lowest BCUT2D eigenvalue weighted by Crippen LogP contribution is -2.12. The summed E-state index contributed by atoms with van der Waals surface area (Å²) in [5.41, 5.74) is 1.00. The molecule has 0 radical (unpaired) electrons. The van der Waals surface area contributed by atoms with Gasteiger partial charge in [0, 0.05) is 11.6 Å². The molecule has 0 bridgehead atoms.